The summed E-state index contributed by atoms with van der Waals surface area (Å²) in [5.74, 6) is 0.689. The number of benzene rings is 1. The van der Waals surface area contributed by atoms with Crippen LogP contribution in [-0.2, 0) is 4.79 Å². The number of carbonyl (C=O) groups excluding carboxylic acids is 1. The molecular weight excluding hydrogens is 210 g/mol. The molecule has 2 rings (SSSR count). The quantitative estimate of drug-likeness (QED) is 0.711. The van der Waals surface area contributed by atoms with Gasteiger partial charge in [0.1, 0.15) is 0 Å². The van der Waals surface area contributed by atoms with E-state index >= 15 is 0 Å². The summed E-state index contributed by atoms with van der Waals surface area (Å²) in [6, 6.07) is 8.25. The Morgan fingerprint density at radius 1 is 1.53 bits per heavy atom. The van der Waals surface area contributed by atoms with Crippen LogP contribution < -0.4 is 4.90 Å². The summed E-state index contributed by atoms with van der Waals surface area (Å²) in [6.45, 7) is 6.71. The van der Waals surface area contributed by atoms with Crippen molar-refractivity contribution in [3.8, 4) is 0 Å². The Morgan fingerprint density at radius 3 is 3.06 bits per heavy atom. The zero-order chi connectivity index (χ0) is 12.3. The lowest BCUT2D eigenvalue weighted by atomic mass is 9.96. The van der Waals surface area contributed by atoms with Gasteiger partial charge in [-0.1, -0.05) is 31.2 Å². The lowest BCUT2D eigenvalue weighted by Gasteiger charge is -2.23. The fourth-order valence-corrected chi connectivity index (χ4v) is 2.47. The number of fused-ring (bicyclic) bond motifs is 1. The number of carbonyl (C=O) groups is 1. The molecular formula is C15H19NO. The molecule has 0 aromatic heterocycles. The minimum Gasteiger partial charge on any atom is -0.312 e. The zero-order valence-corrected chi connectivity index (χ0v) is 10.4. The highest BCUT2D eigenvalue weighted by molar-refractivity contribution is 5.95. The summed E-state index contributed by atoms with van der Waals surface area (Å²) >= 11 is 0. The van der Waals surface area contributed by atoms with Crippen LogP contribution in [0.5, 0.6) is 0 Å². The second-order valence-corrected chi connectivity index (χ2v) is 4.64. The Kier molecular flexibility index (Phi) is 3.62. The van der Waals surface area contributed by atoms with E-state index in [0.717, 1.165) is 25.1 Å². The summed E-state index contributed by atoms with van der Waals surface area (Å²) in [5.41, 5.74) is 2.38. The van der Waals surface area contributed by atoms with Crippen LogP contribution in [0, 0.1) is 0 Å². The Morgan fingerprint density at radius 2 is 2.29 bits per heavy atom. The Labute approximate surface area is 103 Å². The molecule has 0 radical (unpaired) electrons. The number of rotatable bonds is 2. The second-order valence-electron chi connectivity index (χ2n) is 4.64. The Bertz CT molecular complexity index is 425. The molecule has 1 aliphatic heterocycles. The largest absolute Gasteiger partial charge is 0.312 e. The highest BCUT2D eigenvalue weighted by atomic mass is 16.2. The number of nitrogens with zero attached hydrogens (tertiary/aromatic N) is 1. The van der Waals surface area contributed by atoms with Gasteiger partial charge in [0.2, 0.25) is 5.91 Å². The van der Waals surface area contributed by atoms with Crippen molar-refractivity contribution in [3.63, 3.8) is 0 Å². The first-order valence-corrected chi connectivity index (χ1v) is 6.24. The first kappa shape index (κ1) is 11.9. The number of para-hydroxylation sites is 1. The van der Waals surface area contributed by atoms with Crippen LogP contribution in [0.1, 0.15) is 37.7 Å². The molecule has 1 aliphatic rings. The predicted molar refractivity (Wildman–Crippen MR) is 71.3 cm³/mol. The van der Waals surface area contributed by atoms with Crippen molar-refractivity contribution < 1.29 is 4.79 Å². The van der Waals surface area contributed by atoms with Gasteiger partial charge < -0.3 is 4.90 Å². The van der Waals surface area contributed by atoms with Gasteiger partial charge in [0, 0.05) is 18.7 Å². The summed E-state index contributed by atoms with van der Waals surface area (Å²) in [7, 11) is 0. The van der Waals surface area contributed by atoms with Crippen molar-refractivity contribution in [2.45, 2.75) is 32.1 Å². The summed E-state index contributed by atoms with van der Waals surface area (Å²) in [5, 5.41) is 0. The van der Waals surface area contributed by atoms with E-state index in [-0.39, 0.29) is 5.91 Å². The second kappa shape index (κ2) is 5.17. The maximum atomic E-state index is 12.1. The van der Waals surface area contributed by atoms with Crippen molar-refractivity contribution in [1.29, 1.82) is 0 Å². The molecule has 1 amide bonds. The van der Waals surface area contributed by atoms with E-state index in [1.54, 1.807) is 6.08 Å². The smallest absolute Gasteiger partial charge is 0.230 e. The van der Waals surface area contributed by atoms with E-state index in [1.165, 1.54) is 5.56 Å². The van der Waals surface area contributed by atoms with E-state index in [4.69, 9.17) is 0 Å². The van der Waals surface area contributed by atoms with E-state index in [0.29, 0.717) is 12.3 Å². The van der Waals surface area contributed by atoms with Crippen molar-refractivity contribution >= 4 is 11.6 Å². The van der Waals surface area contributed by atoms with Gasteiger partial charge >= 0.3 is 0 Å². The minimum absolute atomic E-state index is 0.154. The molecule has 1 aromatic rings. The number of hydrogen-bond acceptors (Lipinski definition) is 1. The molecule has 1 atom stereocenters. The topological polar surface area (TPSA) is 20.3 Å². The van der Waals surface area contributed by atoms with E-state index in [2.05, 4.69) is 31.7 Å². The maximum Gasteiger partial charge on any atom is 0.230 e. The van der Waals surface area contributed by atoms with Gasteiger partial charge in [-0.3, -0.25) is 4.79 Å². The fraction of sp³-hybridized carbons (Fsp3) is 0.400. The van der Waals surface area contributed by atoms with Crippen LogP contribution in [0.15, 0.2) is 36.9 Å². The molecule has 0 saturated carbocycles. The van der Waals surface area contributed by atoms with Gasteiger partial charge in [0.05, 0.1) is 0 Å². The lowest BCUT2D eigenvalue weighted by Crippen LogP contribution is -2.31. The van der Waals surface area contributed by atoms with Gasteiger partial charge in [0.25, 0.3) is 0 Å². The molecule has 1 aromatic carbocycles. The van der Waals surface area contributed by atoms with Crippen molar-refractivity contribution in [1.82, 2.24) is 0 Å². The highest BCUT2D eigenvalue weighted by Crippen LogP contribution is 2.34. The van der Waals surface area contributed by atoms with Crippen molar-refractivity contribution in [2.75, 3.05) is 11.4 Å². The van der Waals surface area contributed by atoms with Crippen LogP contribution in [-0.4, -0.2) is 12.5 Å². The Balaban J connectivity index is 2.38. The molecule has 0 spiro atoms. The van der Waals surface area contributed by atoms with Crippen LogP contribution in [0.4, 0.5) is 5.69 Å². The average molecular weight is 229 g/mol. The van der Waals surface area contributed by atoms with Gasteiger partial charge in [-0.25, -0.2) is 0 Å². The molecule has 0 bridgehead atoms. The molecule has 90 valence electrons. The van der Waals surface area contributed by atoms with Crippen molar-refractivity contribution in [2.24, 2.45) is 0 Å². The van der Waals surface area contributed by atoms with Crippen LogP contribution >= 0.6 is 0 Å². The van der Waals surface area contributed by atoms with Crippen LogP contribution in [0.25, 0.3) is 0 Å². The fourth-order valence-electron chi connectivity index (χ4n) is 2.47. The summed E-state index contributed by atoms with van der Waals surface area (Å²) in [4.78, 5) is 14.0. The SMILES string of the molecule is C=CCC(=O)N1CCCC(C)c2ccccc21. The average Bonchev–Trinajstić information content (AvgIpc) is 2.50. The summed E-state index contributed by atoms with van der Waals surface area (Å²) < 4.78 is 0. The molecule has 17 heavy (non-hydrogen) atoms. The monoisotopic (exact) mass is 229 g/mol. The standard InChI is InChI=1S/C15H19NO/c1-3-7-15(17)16-11-6-8-12(2)13-9-4-5-10-14(13)16/h3-5,9-10,12H,1,6-8,11H2,2H3. The highest BCUT2D eigenvalue weighted by Gasteiger charge is 2.22. The minimum atomic E-state index is 0.154. The normalized spacial score (nSPS) is 19.4. The zero-order valence-electron chi connectivity index (χ0n) is 10.4. The van der Waals surface area contributed by atoms with Gasteiger partial charge in [-0.2, -0.15) is 0 Å². The van der Waals surface area contributed by atoms with Crippen molar-refractivity contribution in [3.05, 3.63) is 42.5 Å². The molecule has 0 aliphatic carbocycles. The maximum absolute atomic E-state index is 12.1. The molecule has 2 heteroatoms. The predicted octanol–water partition coefficient (Wildman–Crippen LogP) is 3.49. The number of hydrogen-bond donors (Lipinski definition) is 0. The van der Waals surface area contributed by atoms with Gasteiger partial charge in [-0.15, -0.1) is 6.58 Å². The third kappa shape index (κ3) is 2.41. The van der Waals surface area contributed by atoms with Gasteiger partial charge in [-0.05, 0) is 30.4 Å². The van der Waals surface area contributed by atoms with E-state index in [9.17, 15) is 4.79 Å². The molecule has 1 unspecified atom stereocenters. The lowest BCUT2D eigenvalue weighted by molar-refractivity contribution is -0.117. The molecule has 0 fully saturated rings. The van der Waals surface area contributed by atoms with E-state index in [1.807, 2.05) is 11.0 Å². The van der Waals surface area contributed by atoms with Gasteiger partial charge in [0.15, 0.2) is 0 Å². The van der Waals surface area contributed by atoms with Crippen LogP contribution in [0.2, 0.25) is 0 Å². The number of amides is 1. The third-order valence-electron chi connectivity index (χ3n) is 3.40. The molecule has 2 nitrogen and oxygen atoms in total. The first-order chi connectivity index (χ1) is 8.24. The van der Waals surface area contributed by atoms with Crippen LogP contribution in [0.3, 0.4) is 0 Å². The van der Waals surface area contributed by atoms with E-state index < -0.39 is 0 Å². The molecule has 0 saturated heterocycles. The Hall–Kier alpha value is -1.57. The third-order valence-corrected chi connectivity index (χ3v) is 3.40. The first-order valence-electron chi connectivity index (χ1n) is 6.24. The molecule has 1 heterocycles. The number of anilines is 1. The summed E-state index contributed by atoms with van der Waals surface area (Å²) in [6.07, 6.45) is 4.32. The molecule has 0 N–H and O–H groups in total.